The molecular formula is C12H17N3O5S. The molecule has 0 spiro atoms. The average Bonchev–Trinajstić information content (AvgIpc) is 2.47. The van der Waals surface area contributed by atoms with Crippen molar-refractivity contribution in [1.29, 1.82) is 0 Å². The van der Waals surface area contributed by atoms with Crippen LogP contribution in [0.5, 0.6) is 5.75 Å². The minimum absolute atomic E-state index is 0.116. The van der Waals surface area contributed by atoms with Crippen molar-refractivity contribution in [1.82, 2.24) is 4.31 Å². The van der Waals surface area contributed by atoms with E-state index in [1.54, 1.807) is 0 Å². The van der Waals surface area contributed by atoms with Crippen LogP contribution in [0.2, 0.25) is 0 Å². The highest BCUT2D eigenvalue weighted by Crippen LogP contribution is 2.35. The van der Waals surface area contributed by atoms with Crippen LogP contribution in [0.3, 0.4) is 0 Å². The Morgan fingerprint density at radius 1 is 1.29 bits per heavy atom. The zero-order valence-electron chi connectivity index (χ0n) is 11.6. The van der Waals surface area contributed by atoms with Crippen LogP contribution in [-0.2, 0) is 10.2 Å². The molecule has 21 heavy (non-hydrogen) atoms. The third-order valence-corrected chi connectivity index (χ3v) is 4.81. The maximum absolute atomic E-state index is 12.3. The van der Waals surface area contributed by atoms with Gasteiger partial charge >= 0.3 is 10.2 Å². The van der Waals surface area contributed by atoms with Crippen molar-refractivity contribution in [3.8, 4) is 5.75 Å². The summed E-state index contributed by atoms with van der Waals surface area (Å²) in [5.41, 5.74) is -0.481. The molecule has 1 aromatic carbocycles. The summed E-state index contributed by atoms with van der Waals surface area (Å²) in [6.45, 7) is 0.830. The Hall–Kier alpha value is -1.87. The molecule has 0 bridgehead atoms. The number of nitro groups is 1. The molecule has 1 N–H and O–H groups in total. The fraction of sp³-hybridized carbons (Fsp3) is 0.500. The van der Waals surface area contributed by atoms with Gasteiger partial charge in [-0.25, -0.2) is 0 Å². The van der Waals surface area contributed by atoms with Gasteiger partial charge in [0.05, 0.1) is 12.0 Å². The van der Waals surface area contributed by atoms with Crippen molar-refractivity contribution in [3.05, 3.63) is 28.3 Å². The van der Waals surface area contributed by atoms with Crippen molar-refractivity contribution in [2.75, 3.05) is 24.9 Å². The minimum atomic E-state index is -3.83. The monoisotopic (exact) mass is 315 g/mol. The van der Waals surface area contributed by atoms with Gasteiger partial charge in [-0.1, -0.05) is 12.5 Å². The molecular weight excluding hydrogens is 298 g/mol. The average molecular weight is 315 g/mol. The predicted molar refractivity (Wildman–Crippen MR) is 77.6 cm³/mol. The molecule has 1 aliphatic rings. The van der Waals surface area contributed by atoms with Crippen molar-refractivity contribution in [2.45, 2.75) is 19.3 Å². The summed E-state index contributed by atoms with van der Waals surface area (Å²) in [4.78, 5) is 10.4. The quantitative estimate of drug-likeness (QED) is 0.658. The summed E-state index contributed by atoms with van der Waals surface area (Å²) in [7, 11) is -2.50. The summed E-state index contributed by atoms with van der Waals surface area (Å²) in [5, 5.41) is 11.1. The van der Waals surface area contributed by atoms with E-state index in [-0.39, 0.29) is 17.1 Å². The van der Waals surface area contributed by atoms with Crippen molar-refractivity contribution >= 4 is 21.6 Å². The first-order valence-electron chi connectivity index (χ1n) is 6.55. The molecule has 1 aromatic rings. The van der Waals surface area contributed by atoms with Gasteiger partial charge in [0.15, 0.2) is 5.69 Å². The largest absolute Gasteiger partial charge is 0.494 e. The summed E-state index contributed by atoms with van der Waals surface area (Å²) >= 11 is 0. The molecule has 0 atom stereocenters. The van der Waals surface area contributed by atoms with E-state index in [1.165, 1.54) is 29.6 Å². The number of nitrogens with one attached hydrogen (secondary N) is 1. The van der Waals surface area contributed by atoms with Gasteiger partial charge in [-0.2, -0.15) is 12.7 Å². The summed E-state index contributed by atoms with van der Waals surface area (Å²) in [5.74, 6) is 0.116. The van der Waals surface area contributed by atoms with Gasteiger partial charge in [-0.3, -0.25) is 14.8 Å². The molecule has 0 unspecified atom stereocenters. The molecule has 116 valence electrons. The van der Waals surface area contributed by atoms with Crippen LogP contribution in [0.25, 0.3) is 0 Å². The lowest BCUT2D eigenvalue weighted by molar-refractivity contribution is -0.383. The molecule has 1 saturated heterocycles. The Morgan fingerprint density at radius 2 is 1.95 bits per heavy atom. The zero-order valence-corrected chi connectivity index (χ0v) is 12.4. The number of hydrogen-bond acceptors (Lipinski definition) is 5. The third-order valence-electron chi connectivity index (χ3n) is 3.31. The summed E-state index contributed by atoms with van der Waals surface area (Å²) in [6, 6.07) is 4.15. The predicted octanol–water partition coefficient (Wildman–Crippen LogP) is 1.75. The third kappa shape index (κ3) is 3.42. The van der Waals surface area contributed by atoms with Crippen molar-refractivity contribution < 1.29 is 18.1 Å². The van der Waals surface area contributed by atoms with E-state index < -0.39 is 15.1 Å². The molecule has 0 aromatic heterocycles. The second-order valence-electron chi connectivity index (χ2n) is 4.68. The molecule has 2 rings (SSSR count). The molecule has 1 fully saturated rings. The van der Waals surface area contributed by atoms with E-state index in [0.29, 0.717) is 13.1 Å². The van der Waals surface area contributed by atoms with Gasteiger partial charge < -0.3 is 4.74 Å². The highest BCUT2D eigenvalue weighted by molar-refractivity contribution is 7.90. The van der Waals surface area contributed by atoms with Crippen LogP contribution < -0.4 is 9.46 Å². The Balaban J connectivity index is 2.35. The number of piperidine rings is 1. The smallest absolute Gasteiger partial charge is 0.301 e. The normalized spacial score (nSPS) is 16.4. The fourth-order valence-corrected chi connectivity index (χ4v) is 3.57. The lowest BCUT2D eigenvalue weighted by Gasteiger charge is -2.26. The van der Waals surface area contributed by atoms with E-state index in [0.717, 1.165) is 19.3 Å². The number of nitro benzene ring substituents is 1. The molecule has 1 aliphatic heterocycles. The van der Waals surface area contributed by atoms with Gasteiger partial charge in [-0.05, 0) is 18.9 Å². The Morgan fingerprint density at radius 3 is 2.52 bits per heavy atom. The standard InChI is InChI=1S/C12H17N3O5S/c1-20-11-7-5-6-10(15(16)17)12(11)13-21(18,19)14-8-3-2-4-9-14/h5-7,13H,2-4,8-9H2,1H3. The van der Waals surface area contributed by atoms with Gasteiger partial charge in [0.2, 0.25) is 0 Å². The highest BCUT2D eigenvalue weighted by Gasteiger charge is 2.28. The van der Waals surface area contributed by atoms with E-state index >= 15 is 0 Å². The van der Waals surface area contributed by atoms with Gasteiger partial charge in [0, 0.05) is 19.2 Å². The summed E-state index contributed by atoms with van der Waals surface area (Å²) in [6.07, 6.45) is 2.56. The number of ether oxygens (including phenoxy) is 1. The maximum Gasteiger partial charge on any atom is 0.301 e. The first kappa shape index (κ1) is 15.5. The minimum Gasteiger partial charge on any atom is -0.494 e. The molecule has 1 heterocycles. The SMILES string of the molecule is COc1cccc([N+](=O)[O-])c1NS(=O)(=O)N1CCCCC1. The molecule has 0 aliphatic carbocycles. The number of hydrogen-bond donors (Lipinski definition) is 1. The van der Waals surface area contributed by atoms with E-state index in [2.05, 4.69) is 4.72 Å². The van der Waals surface area contributed by atoms with Gasteiger partial charge in [0.1, 0.15) is 5.75 Å². The number of anilines is 1. The molecule has 0 amide bonds. The Labute approximate surface area is 123 Å². The maximum atomic E-state index is 12.3. The van der Waals surface area contributed by atoms with Crippen molar-refractivity contribution in [2.24, 2.45) is 0 Å². The molecule has 9 heteroatoms. The number of rotatable bonds is 5. The van der Waals surface area contributed by atoms with E-state index in [4.69, 9.17) is 4.74 Å². The molecule has 0 saturated carbocycles. The van der Waals surface area contributed by atoms with Crippen molar-refractivity contribution in [3.63, 3.8) is 0 Å². The van der Waals surface area contributed by atoms with E-state index in [9.17, 15) is 18.5 Å². The first-order chi connectivity index (χ1) is 9.95. The fourth-order valence-electron chi connectivity index (χ4n) is 2.24. The number of para-hydroxylation sites is 1. The number of methoxy groups -OCH3 is 1. The Bertz CT molecular complexity index is 626. The van der Waals surface area contributed by atoms with Gasteiger partial charge in [-0.15, -0.1) is 0 Å². The first-order valence-corrected chi connectivity index (χ1v) is 7.99. The second kappa shape index (κ2) is 6.27. The Kier molecular flexibility index (Phi) is 4.63. The van der Waals surface area contributed by atoms with Crippen LogP contribution in [-0.4, -0.2) is 37.8 Å². The number of benzene rings is 1. The lowest BCUT2D eigenvalue weighted by Crippen LogP contribution is -2.39. The zero-order chi connectivity index (χ0) is 15.5. The lowest BCUT2D eigenvalue weighted by atomic mass is 10.2. The second-order valence-corrected chi connectivity index (χ2v) is 6.35. The van der Waals surface area contributed by atoms with Crippen LogP contribution in [0.15, 0.2) is 18.2 Å². The summed E-state index contributed by atoms with van der Waals surface area (Å²) < 4.78 is 33.3. The van der Waals surface area contributed by atoms with Crippen LogP contribution in [0.1, 0.15) is 19.3 Å². The molecule has 8 nitrogen and oxygen atoms in total. The van der Waals surface area contributed by atoms with Gasteiger partial charge in [0.25, 0.3) is 5.69 Å². The van der Waals surface area contributed by atoms with Crippen LogP contribution in [0.4, 0.5) is 11.4 Å². The number of nitrogens with zero attached hydrogens (tertiary/aromatic N) is 2. The highest BCUT2D eigenvalue weighted by atomic mass is 32.2. The molecule has 0 radical (unpaired) electrons. The topological polar surface area (TPSA) is 102 Å². The van der Waals surface area contributed by atoms with E-state index in [1.807, 2.05) is 0 Å². The van der Waals surface area contributed by atoms with Crippen LogP contribution >= 0.6 is 0 Å². The van der Waals surface area contributed by atoms with Crippen LogP contribution in [0, 0.1) is 10.1 Å².